The zero-order valence-electron chi connectivity index (χ0n) is 13.0. The maximum Gasteiger partial charge on any atom is 0.0438 e. The quantitative estimate of drug-likeness (QED) is 0.523. The first-order chi connectivity index (χ1) is 8.60. The van der Waals surface area contributed by atoms with Crippen LogP contribution in [0, 0.1) is 25.2 Å². The van der Waals surface area contributed by atoms with Gasteiger partial charge >= 0.3 is 0 Å². The Morgan fingerprint density at radius 3 is 2.26 bits per heavy atom. The van der Waals surface area contributed by atoms with Crippen LogP contribution in [-0.4, -0.2) is 0 Å². The molecule has 2 atom stereocenters. The van der Waals surface area contributed by atoms with E-state index in [0.717, 1.165) is 10.6 Å². The molecule has 0 aromatic heterocycles. The standard InChI is InChI=1S/C17H26BrCl/c1-11(10-17(4,5)6)7-15(18)14-8-13(3)16(19)9-12(14)2/h8-9,11,15H,7,10H2,1-6H3. The number of alkyl halides is 1. The van der Waals surface area contributed by atoms with Gasteiger partial charge in [0.1, 0.15) is 0 Å². The van der Waals surface area contributed by atoms with Crippen molar-refractivity contribution in [3.63, 3.8) is 0 Å². The summed E-state index contributed by atoms with van der Waals surface area (Å²) in [5, 5.41) is 0.865. The van der Waals surface area contributed by atoms with Crippen molar-refractivity contribution in [2.45, 2.75) is 59.2 Å². The molecule has 1 aromatic rings. The fraction of sp³-hybridized carbons (Fsp3) is 0.647. The SMILES string of the molecule is Cc1cc(C(Br)CC(C)CC(C)(C)C)c(C)cc1Cl. The molecule has 1 aromatic carbocycles. The van der Waals surface area contributed by atoms with E-state index in [0.29, 0.717) is 16.2 Å². The second kappa shape index (κ2) is 6.63. The maximum absolute atomic E-state index is 6.17. The first kappa shape index (κ1) is 17.0. The van der Waals surface area contributed by atoms with E-state index in [2.05, 4.69) is 69.6 Å². The molecule has 1 rings (SSSR count). The molecular formula is C17H26BrCl. The van der Waals surface area contributed by atoms with Crippen molar-refractivity contribution in [3.05, 3.63) is 33.8 Å². The van der Waals surface area contributed by atoms with Gasteiger partial charge in [-0.2, -0.15) is 0 Å². The Morgan fingerprint density at radius 2 is 1.74 bits per heavy atom. The summed E-state index contributed by atoms with van der Waals surface area (Å²) < 4.78 is 0. The Morgan fingerprint density at radius 1 is 1.16 bits per heavy atom. The Kier molecular flexibility index (Phi) is 5.95. The molecule has 0 saturated heterocycles. The topological polar surface area (TPSA) is 0 Å². The summed E-state index contributed by atoms with van der Waals surface area (Å²) in [6.45, 7) is 13.5. The summed E-state index contributed by atoms with van der Waals surface area (Å²) in [7, 11) is 0. The fourth-order valence-electron chi connectivity index (χ4n) is 2.75. The van der Waals surface area contributed by atoms with Crippen LogP contribution in [0.1, 0.15) is 62.1 Å². The summed E-state index contributed by atoms with van der Waals surface area (Å²) in [4.78, 5) is 0.417. The third-order valence-electron chi connectivity index (χ3n) is 3.45. The highest BCUT2D eigenvalue weighted by molar-refractivity contribution is 9.09. The summed E-state index contributed by atoms with van der Waals surface area (Å²) >= 11 is 10.0. The van der Waals surface area contributed by atoms with Gasteiger partial charge < -0.3 is 0 Å². The van der Waals surface area contributed by atoms with Gasteiger partial charge in [-0.25, -0.2) is 0 Å². The highest BCUT2D eigenvalue weighted by Gasteiger charge is 2.20. The Balaban J connectivity index is 2.78. The van der Waals surface area contributed by atoms with Crippen LogP contribution >= 0.6 is 27.5 Å². The number of hydrogen-bond acceptors (Lipinski definition) is 0. The molecule has 0 saturated carbocycles. The minimum absolute atomic E-state index is 0.400. The van der Waals surface area contributed by atoms with Crippen LogP contribution in [0.4, 0.5) is 0 Å². The number of rotatable bonds is 4. The molecule has 0 aliphatic heterocycles. The van der Waals surface area contributed by atoms with Gasteiger partial charge in [0, 0.05) is 9.85 Å². The second-order valence-electron chi connectivity index (χ2n) is 7.03. The molecule has 0 fully saturated rings. The van der Waals surface area contributed by atoms with E-state index in [4.69, 9.17) is 11.6 Å². The molecular weight excluding hydrogens is 320 g/mol. The summed E-state index contributed by atoms with van der Waals surface area (Å²) in [6.07, 6.45) is 2.42. The summed E-state index contributed by atoms with van der Waals surface area (Å²) in [5.41, 5.74) is 4.22. The normalized spacial score (nSPS) is 15.4. The lowest BCUT2D eigenvalue weighted by Crippen LogP contribution is -2.12. The molecule has 0 radical (unpaired) electrons. The average molecular weight is 346 g/mol. The molecule has 0 heterocycles. The molecule has 108 valence electrons. The number of halogens is 2. The van der Waals surface area contributed by atoms with Crippen molar-refractivity contribution < 1.29 is 0 Å². The van der Waals surface area contributed by atoms with Gasteiger partial charge in [-0.1, -0.05) is 61.3 Å². The van der Waals surface area contributed by atoms with Crippen molar-refractivity contribution in [2.24, 2.45) is 11.3 Å². The fourth-order valence-corrected chi connectivity index (χ4v) is 4.10. The van der Waals surface area contributed by atoms with Crippen LogP contribution in [0.15, 0.2) is 12.1 Å². The lowest BCUT2D eigenvalue weighted by Gasteiger charge is -2.25. The first-order valence-electron chi connectivity index (χ1n) is 7.01. The number of hydrogen-bond donors (Lipinski definition) is 0. The average Bonchev–Trinajstić information content (AvgIpc) is 2.20. The minimum atomic E-state index is 0.400. The molecule has 2 unspecified atom stereocenters. The molecule has 0 amide bonds. The lowest BCUT2D eigenvalue weighted by atomic mass is 9.83. The first-order valence-corrected chi connectivity index (χ1v) is 8.30. The number of aryl methyl sites for hydroxylation is 2. The molecule has 0 aliphatic carbocycles. The van der Waals surface area contributed by atoms with Gasteiger partial charge in [-0.3, -0.25) is 0 Å². The van der Waals surface area contributed by atoms with E-state index in [1.807, 2.05) is 0 Å². The summed E-state index contributed by atoms with van der Waals surface area (Å²) in [6, 6.07) is 4.30. The second-order valence-corrected chi connectivity index (χ2v) is 8.54. The van der Waals surface area contributed by atoms with Crippen molar-refractivity contribution in [3.8, 4) is 0 Å². The Hall–Kier alpha value is -0.0100. The van der Waals surface area contributed by atoms with Gasteiger partial charge in [-0.05, 0) is 60.8 Å². The monoisotopic (exact) mass is 344 g/mol. The zero-order chi connectivity index (χ0) is 14.8. The van der Waals surface area contributed by atoms with Gasteiger partial charge in [0.2, 0.25) is 0 Å². The summed E-state index contributed by atoms with van der Waals surface area (Å²) in [5.74, 6) is 0.708. The van der Waals surface area contributed by atoms with E-state index in [1.54, 1.807) is 0 Å². The van der Waals surface area contributed by atoms with Crippen LogP contribution in [-0.2, 0) is 0 Å². The maximum atomic E-state index is 6.17. The Labute approximate surface area is 132 Å². The predicted molar refractivity (Wildman–Crippen MR) is 90.4 cm³/mol. The van der Waals surface area contributed by atoms with Crippen molar-refractivity contribution in [1.82, 2.24) is 0 Å². The third-order valence-corrected chi connectivity index (χ3v) is 4.73. The van der Waals surface area contributed by atoms with Gasteiger partial charge in [0.25, 0.3) is 0 Å². The van der Waals surface area contributed by atoms with Crippen LogP contribution in [0.3, 0.4) is 0 Å². The van der Waals surface area contributed by atoms with E-state index in [9.17, 15) is 0 Å². The van der Waals surface area contributed by atoms with Gasteiger partial charge in [0.05, 0.1) is 0 Å². The molecule has 0 N–H and O–H groups in total. The highest BCUT2D eigenvalue weighted by atomic mass is 79.9. The van der Waals surface area contributed by atoms with Crippen LogP contribution in [0.2, 0.25) is 5.02 Å². The van der Waals surface area contributed by atoms with Crippen molar-refractivity contribution in [2.75, 3.05) is 0 Å². The number of benzene rings is 1. The van der Waals surface area contributed by atoms with Gasteiger partial charge in [-0.15, -0.1) is 0 Å². The molecule has 0 aliphatic rings. The van der Waals surface area contributed by atoms with E-state index in [1.165, 1.54) is 24.0 Å². The minimum Gasteiger partial charge on any atom is -0.0840 e. The van der Waals surface area contributed by atoms with Crippen LogP contribution < -0.4 is 0 Å². The van der Waals surface area contributed by atoms with Crippen molar-refractivity contribution in [1.29, 1.82) is 0 Å². The Bertz CT molecular complexity index is 432. The molecule has 2 heteroatoms. The molecule has 19 heavy (non-hydrogen) atoms. The van der Waals surface area contributed by atoms with E-state index >= 15 is 0 Å². The predicted octanol–water partition coefficient (Wildman–Crippen LogP) is 6.86. The third kappa shape index (κ3) is 5.47. The smallest absolute Gasteiger partial charge is 0.0438 e. The lowest BCUT2D eigenvalue weighted by molar-refractivity contribution is 0.296. The zero-order valence-corrected chi connectivity index (χ0v) is 15.3. The molecule has 0 nitrogen and oxygen atoms in total. The van der Waals surface area contributed by atoms with E-state index < -0.39 is 0 Å². The molecule has 0 bridgehead atoms. The van der Waals surface area contributed by atoms with Gasteiger partial charge in [0.15, 0.2) is 0 Å². The van der Waals surface area contributed by atoms with Crippen molar-refractivity contribution >= 4 is 27.5 Å². The highest BCUT2D eigenvalue weighted by Crippen LogP contribution is 2.37. The van der Waals surface area contributed by atoms with E-state index in [-0.39, 0.29) is 0 Å². The van der Waals surface area contributed by atoms with Crippen LogP contribution in [0.5, 0.6) is 0 Å². The van der Waals surface area contributed by atoms with Crippen LogP contribution in [0.25, 0.3) is 0 Å². The molecule has 0 spiro atoms. The largest absolute Gasteiger partial charge is 0.0840 e.